The third-order valence-electron chi connectivity index (χ3n) is 4.70. The highest BCUT2D eigenvalue weighted by Gasteiger charge is 2.21. The number of rotatable bonds is 7. The van der Waals surface area contributed by atoms with Gasteiger partial charge in [-0.15, -0.1) is 0 Å². The van der Waals surface area contributed by atoms with Gasteiger partial charge in [-0.3, -0.25) is 14.7 Å². The minimum atomic E-state index is -1.32. The predicted molar refractivity (Wildman–Crippen MR) is 104 cm³/mol. The smallest absolute Gasteiger partial charge is 0.180 e. The van der Waals surface area contributed by atoms with Gasteiger partial charge in [0, 0.05) is 43.3 Å². The molecule has 0 atom stereocenters. The van der Waals surface area contributed by atoms with Crippen LogP contribution in [0.15, 0.2) is 36.4 Å². The number of pyridine rings is 1. The van der Waals surface area contributed by atoms with E-state index >= 15 is 0 Å². The molecule has 0 amide bonds. The van der Waals surface area contributed by atoms with E-state index in [4.69, 9.17) is 4.74 Å². The van der Waals surface area contributed by atoms with Gasteiger partial charge < -0.3 is 19.5 Å². The van der Waals surface area contributed by atoms with Crippen molar-refractivity contribution in [2.45, 2.75) is 13.8 Å². The minimum absolute atomic E-state index is 0.0852. The summed E-state index contributed by atoms with van der Waals surface area (Å²) in [5, 5.41) is 10.6. The number of nitrogens with zero attached hydrogens (tertiary/aromatic N) is 3. The number of carboxylic acid groups (broad SMARTS) is 1. The first-order valence-corrected chi connectivity index (χ1v) is 9.30. The maximum absolute atomic E-state index is 12.7. The third kappa shape index (κ3) is 5.07. The summed E-state index contributed by atoms with van der Waals surface area (Å²) in [6.07, 6.45) is 0. The number of hydrogen-bond acceptors (Lipinski definition) is 7. The lowest BCUT2D eigenvalue weighted by Crippen LogP contribution is -2.48. The number of aryl methyl sites for hydroxylation is 2. The van der Waals surface area contributed by atoms with Gasteiger partial charge >= 0.3 is 0 Å². The topological polar surface area (TPSA) is 85.8 Å². The zero-order chi connectivity index (χ0) is 20.1. The molecule has 1 aromatic carbocycles. The molecule has 0 unspecified atom stereocenters. The van der Waals surface area contributed by atoms with Crippen LogP contribution >= 0.6 is 0 Å². The van der Waals surface area contributed by atoms with Crippen molar-refractivity contribution in [3.05, 3.63) is 53.3 Å². The summed E-state index contributed by atoms with van der Waals surface area (Å²) in [5.74, 6) is -1.13. The molecule has 0 radical (unpaired) electrons. The lowest BCUT2D eigenvalue weighted by Gasteiger charge is -2.36. The van der Waals surface area contributed by atoms with Crippen molar-refractivity contribution in [1.82, 2.24) is 9.88 Å². The first kappa shape index (κ1) is 19.8. The normalized spacial score (nSPS) is 14.7. The van der Waals surface area contributed by atoms with E-state index in [0.717, 1.165) is 43.3 Å². The number of Topliss-reactive ketones (excluding diaryl/α,β-unsaturated/α-hetero) is 1. The van der Waals surface area contributed by atoms with Crippen LogP contribution in [0.5, 0.6) is 5.75 Å². The van der Waals surface area contributed by atoms with Crippen molar-refractivity contribution >= 4 is 17.4 Å². The highest BCUT2D eigenvalue weighted by Crippen LogP contribution is 2.21. The highest BCUT2D eigenvalue weighted by molar-refractivity contribution is 6.00. The predicted octanol–water partition coefficient (Wildman–Crippen LogP) is 0.832. The number of piperazine rings is 1. The number of hydrogen-bond donors (Lipinski definition) is 0. The van der Waals surface area contributed by atoms with Crippen molar-refractivity contribution < 1.29 is 19.4 Å². The number of para-hydroxylation sites is 1. The van der Waals surface area contributed by atoms with Crippen LogP contribution in [0.25, 0.3) is 0 Å². The molecular formula is C21H24N3O4-. The summed E-state index contributed by atoms with van der Waals surface area (Å²) >= 11 is 0. The number of carbonyl (C=O) groups is 2. The van der Waals surface area contributed by atoms with E-state index in [1.54, 1.807) is 24.3 Å². The first-order valence-electron chi connectivity index (χ1n) is 9.30. The molecule has 1 fully saturated rings. The van der Waals surface area contributed by atoms with E-state index in [9.17, 15) is 14.7 Å². The van der Waals surface area contributed by atoms with E-state index in [2.05, 4.69) is 26.9 Å². The van der Waals surface area contributed by atoms with Crippen molar-refractivity contribution in [3.63, 3.8) is 0 Å². The van der Waals surface area contributed by atoms with Gasteiger partial charge in [-0.05, 0) is 38.1 Å². The number of ether oxygens (including phenoxy) is 1. The van der Waals surface area contributed by atoms with Crippen LogP contribution in [-0.2, 0) is 4.79 Å². The van der Waals surface area contributed by atoms with Crippen LogP contribution in [0.1, 0.15) is 21.7 Å². The Morgan fingerprint density at radius 1 is 1.07 bits per heavy atom. The molecule has 1 aromatic heterocycles. The molecule has 0 saturated carbocycles. The molecule has 2 aromatic rings. The van der Waals surface area contributed by atoms with Gasteiger partial charge in [-0.1, -0.05) is 12.1 Å². The Bertz CT molecular complexity index is 840. The van der Waals surface area contributed by atoms with E-state index in [-0.39, 0.29) is 18.1 Å². The maximum atomic E-state index is 12.7. The molecule has 1 aliphatic rings. The Labute approximate surface area is 164 Å². The summed E-state index contributed by atoms with van der Waals surface area (Å²) in [5.41, 5.74) is 3.56. The second-order valence-corrected chi connectivity index (χ2v) is 6.95. The van der Waals surface area contributed by atoms with Gasteiger partial charge in [-0.25, -0.2) is 0 Å². The monoisotopic (exact) mass is 382 g/mol. The standard InChI is InChI=1S/C21H25N3O4/c1-15-11-17(12-16(2)22-15)24-9-7-23(8-10-24)13-19(25)18-5-3-4-6-20(18)28-14-21(26)27/h3-6,11-12H,7-10,13-14H2,1-2H3,(H,26,27)/p-1. The first-order chi connectivity index (χ1) is 13.4. The van der Waals surface area contributed by atoms with Crippen molar-refractivity contribution in [3.8, 4) is 5.75 Å². The van der Waals surface area contributed by atoms with Gasteiger partial charge in [-0.2, -0.15) is 0 Å². The molecule has 0 aliphatic carbocycles. The van der Waals surface area contributed by atoms with Gasteiger partial charge in [0.1, 0.15) is 12.4 Å². The molecule has 0 N–H and O–H groups in total. The Morgan fingerprint density at radius 2 is 1.71 bits per heavy atom. The van der Waals surface area contributed by atoms with Gasteiger partial charge in [0.25, 0.3) is 0 Å². The lowest BCUT2D eigenvalue weighted by molar-refractivity contribution is -0.307. The summed E-state index contributed by atoms with van der Waals surface area (Å²) in [4.78, 5) is 32.2. The molecule has 7 heteroatoms. The fraction of sp³-hybridized carbons (Fsp3) is 0.381. The van der Waals surface area contributed by atoms with E-state index < -0.39 is 12.6 Å². The Kier molecular flexibility index (Phi) is 6.26. The van der Waals surface area contributed by atoms with Crippen LogP contribution < -0.4 is 14.7 Å². The van der Waals surface area contributed by atoms with Crippen LogP contribution in [0.4, 0.5) is 5.69 Å². The fourth-order valence-corrected chi connectivity index (χ4v) is 3.41. The fourth-order valence-electron chi connectivity index (χ4n) is 3.41. The summed E-state index contributed by atoms with van der Waals surface area (Å²) in [7, 11) is 0. The number of ketones is 1. The van der Waals surface area contributed by atoms with E-state index in [1.165, 1.54) is 0 Å². The van der Waals surface area contributed by atoms with Crippen molar-refractivity contribution in [2.24, 2.45) is 0 Å². The molecule has 0 bridgehead atoms. The average molecular weight is 382 g/mol. The van der Waals surface area contributed by atoms with Gasteiger partial charge in [0.05, 0.1) is 18.1 Å². The van der Waals surface area contributed by atoms with Gasteiger partial charge in [0.15, 0.2) is 5.78 Å². The number of benzene rings is 1. The molecule has 28 heavy (non-hydrogen) atoms. The second-order valence-electron chi connectivity index (χ2n) is 6.95. The third-order valence-corrected chi connectivity index (χ3v) is 4.70. The number of aliphatic carboxylic acids is 1. The highest BCUT2D eigenvalue weighted by atomic mass is 16.5. The zero-order valence-corrected chi connectivity index (χ0v) is 16.2. The zero-order valence-electron chi connectivity index (χ0n) is 16.2. The van der Waals surface area contributed by atoms with Crippen LogP contribution in [0.3, 0.4) is 0 Å². The van der Waals surface area contributed by atoms with Gasteiger partial charge in [0.2, 0.25) is 0 Å². The molecule has 1 saturated heterocycles. The Morgan fingerprint density at radius 3 is 2.36 bits per heavy atom. The molecule has 1 aliphatic heterocycles. The molecule has 2 heterocycles. The number of aromatic nitrogens is 1. The molecule has 7 nitrogen and oxygen atoms in total. The minimum Gasteiger partial charge on any atom is -0.546 e. The summed E-state index contributed by atoms with van der Waals surface area (Å²) in [6, 6.07) is 10.9. The maximum Gasteiger partial charge on any atom is 0.180 e. The number of anilines is 1. The van der Waals surface area contributed by atoms with Crippen LogP contribution in [0.2, 0.25) is 0 Å². The second kappa shape index (κ2) is 8.84. The largest absolute Gasteiger partial charge is 0.546 e. The van der Waals surface area contributed by atoms with Crippen LogP contribution in [0, 0.1) is 13.8 Å². The molecule has 3 rings (SSSR count). The Hall–Kier alpha value is -2.93. The lowest BCUT2D eigenvalue weighted by atomic mass is 10.1. The van der Waals surface area contributed by atoms with Crippen molar-refractivity contribution in [1.29, 1.82) is 0 Å². The van der Waals surface area contributed by atoms with Crippen molar-refractivity contribution in [2.75, 3.05) is 44.2 Å². The SMILES string of the molecule is Cc1cc(N2CCN(CC(=O)c3ccccc3OCC(=O)[O-])CC2)cc(C)n1. The summed E-state index contributed by atoms with van der Waals surface area (Å²) < 4.78 is 5.19. The average Bonchev–Trinajstić information content (AvgIpc) is 2.66. The van der Waals surface area contributed by atoms with E-state index in [1.807, 2.05) is 13.8 Å². The quantitative estimate of drug-likeness (QED) is 0.656. The summed E-state index contributed by atoms with van der Waals surface area (Å²) in [6.45, 7) is 6.89. The molecular weight excluding hydrogens is 358 g/mol. The Balaban J connectivity index is 1.59. The molecule has 148 valence electrons. The number of carboxylic acids is 1. The van der Waals surface area contributed by atoms with E-state index in [0.29, 0.717) is 5.56 Å². The number of carbonyl (C=O) groups excluding carboxylic acids is 2. The van der Waals surface area contributed by atoms with Crippen LogP contribution in [-0.4, -0.2) is 61.0 Å². The molecule has 0 spiro atoms.